The second-order valence-corrected chi connectivity index (χ2v) is 5.72. The van der Waals surface area contributed by atoms with E-state index in [1.807, 2.05) is 6.92 Å². The highest BCUT2D eigenvalue weighted by Gasteiger charge is 2.38. The van der Waals surface area contributed by atoms with Crippen molar-refractivity contribution in [3.8, 4) is 0 Å². The van der Waals surface area contributed by atoms with Gasteiger partial charge in [0, 0.05) is 25.2 Å². The second kappa shape index (κ2) is 5.77. The number of hydrogen-bond donors (Lipinski definition) is 2. The van der Waals surface area contributed by atoms with Gasteiger partial charge in [0.25, 0.3) is 0 Å². The van der Waals surface area contributed by atoms with Gasteiger partial charge in [-0.3, -0.25) is 4.79 Å². The molecular weight excluding hydrogens is 246 g/mol. The Bertz CT molecular complexity index is 361. The number of carboxylic acids is 1. The van der Waals surface area contributed by atoms with Crippen LogP contribution < -0.4 is 5.32 Å². The van der Waals surface area contributed by atoms with Crippen molar-refractivity contribution >= 4 is 12.0 Å². The third kappa shape index (κ3) is 3.18. The summed E-state index contributed by atoms with van der Waals surface area (Å²) in [6, 6.07) is -0.155. The number of aliphatic carboxylic acids is 1. The van der Waals surface area contributed by atoms with Gasteiger partial charge in [-0.05, 0) is 39.8 Å². The molecule has 2 heterocycles. The van der Waals surface area contributed by atoms with Gasteiger partial charge in [-0.1, -0.05) is 0 Å². The number of urea groups is 1. The number of nitrogens with zero attached hydrogens (tertiary/aromatic N) is 2. The second-order valence-electron chi connectivity index (χ2n) is 5.72. The van der Waals surface area contributed by atoms with E-state index >= 15 is 0 Å². The maximum absolute atomic E-state index is 12.2. The molecule has 108 valence electrons. The molecule has 2 aliphatic heterocycles. The van der Waals surface area contributed by atoms with Crippen LogP contribution >= 0.6 is 0 Å². The van der Waals surface area contributed by atoms with E-state index < -0.39 is 11.9 Å². The van der Waals surface area contributed by atoms with E-state index in [2.05, 4.69) is 17.3 Å². The average molecular weight is 269 g/mol. The van der Waals surface area contributed by atoms with Crippen LogP contribution in [0.2, 0.25) is 0 Å². The van der Waals surface area contributed by atoms with Gasteiger partial charge in [-0.15, -0.1) is 0 Å². The SMILES string of the molecule is CC1C(C(=O)O)CCN1C(=O)NC1CCCN(C)C1. The zero-order chi connectivity index (χ0) is 14.0. The first kappa shape index (κ1) is 14.1. The summed E-state index contributed by atoms with van der Waals surface area (Å²) in [5.74, 6) is -1.24. The first-order valence-electron chi connectivity index (χ1n) is 6.97. The third-order valence-corrected chi connectivity index (χ3v) is 4.29. The lowest BCUT2D eigenvalue weighted by molar-refractivity contribution is -0.142. The molecule has 2 saturated heterocycles. The van der Waals surface area contributed by atoms with Crippen LogP contribution in [-0.4, -0.2) is 65.7 Å². The predicted octanol–water partition coefficient (Wildman–Crippen LogP) is 0.585. The van der Waals surface area contributed by atoms with Crippen LogP contribution in [0.5, 0.6) is 0 Å². The van der Waals surface area contributed by atoms with E-state index in [0.717, 1.165) is 25.9 Å². The lowest BCUT2D eigenvalue weighted by Gasteiger charge is -2.32. The molecule has 2 aliphatic rings. The minimum absolute atomic E-state index is 0.114. The number of nitrogens with one attached hydrogen (secondary N) is 1. The molecule has 3 atom stereocenters. The number of likely N-dealkylation sites (N-methyl/N-ethyl adjacent to an activating group) is 1. The first-order chi connectivity index (χ1) is 8.99. The van der Waals surface area contributed by atoms with Crippen molar-refractivity contribution in [1.29, 1.82) is 0 Å². The molecular formula is C13H23N3O3. The van der Waals surface area contributed by atoms with Crippen molar-refractivity contribution in [2.75, 3.05) is 26.7 Å². The highest BCUT2D eigenvalue weighted by atomic mass is 16.4. The number of rotatable bonds is 2. The third-order valence-electron chi connectivity index (χ3n) is 4.29. The van der Waals surface area contributed by atoms with E-state index in [0.29, 0.717) is 13.0 Å². The summed E-state index contributed by atoms with van der Waals surface area (Å²) >= 11 is 0. The molecule has 6 nitrogen and oxygen atoms in total. The molecule has 0 aromatic carbocycles. The van der Waals surface area contributed by atoms with Gasteiger partial charge < -0.3 is 20.2 Å². The Kier molecular flexibility index (Phi) is 4.29. The molecule has 2 amide bonds. The molecule has 0 radical (unpaired) electrons. The average Bonchev–Trinajstić information content (AvgIpc) is 2.71. The zero-order valence-electron chi connectivity index (χ0n) is 11.6. The monoisotopic (exact) mass is 269 g/mol. The molecule has 2 fully saturated rings. The Balaban J connectivity index is 1.88. The minimum Gasteiger partial charge on any atom is -0.481 e. The molecule has 2 N–H and O–H groups in total. The van der Waals surface area contributed by atoms with Crippen molar-refractivity contribution < 1.29 is 14.7 Å². The van der Waals surface area contributed by atoms with Crippen LogP contribution in [0.4, 0.5) is 4.79 Å². The highest BCUT2D eigenvalue weighted by molar-refractivity contribution is 5.78. The van der Waals surface area contributed by atoms with E-state index in [4.69, 9.17) is 5.11 Å². The largest absolute Gasteiger partial charge is 0.481 e. The van der Waals surface area contributed by atoms with Crippen molar-refractivity contribution in [2.24, 2.45) is 5.92 Å². The van der Waals surface area contributed by atoms with Crippen LogP contribution in [0.3, 0.4) is 0 Å². The number of carboxylic acid groups (broad SMARTS) is 1. The van der Waals surface area contributed by atoms with Crippen molar-refractivity contribution in [2.45, 2.75) is 38.3 Å². The van der Waals surface area contributed by atoms with Gasteiger partial charge in [-0.2, -0.15) is 0 Å². The molecule has 0 aromatic heterocycles. The van der Waals surface area contributed by atoms with Gasteiger partial charge in [0.15, 0.2) is 0 Å². The number of amides is 2. The molecule has 0 saturated carbocycles. The molecule has 0 spiro atoms. The van der Waals surface area contributed by atoms with Gasteiger partial charge in [-0.25, -0.2) is 4.79 Å². The van der Waals surface area contributed by atoms with Crippen molar-refractivity contribution in [3.05, 3.63) is 0 Å². The predicted molar refractivity (Wildman–Crippen MR) is 71.0 cm³/mol. The van der Waals surface area contributed by atoms with Crippen molar-refractivity contribution in [3.63, 3.8) is 0 Å². The first-order valence-corrected chi connectivity index (χ1v) is 6.97. The smallest absolute Gasteiger partial charge is 0.317 e. The minimum atomic E-state index is -0.805. The van der Waals surface area contributed by atoms with Crippen LogP contribution in [0.25, 0.3) is 0 Å². The summed E-state index contributed by atoms with van der Waals surface area (Å²) in [5.41, 5.74) is 0. The summed E-state index contributed by atoms with van der Waals surface area (Å²) in [6.45, 7) is 4.30. The molecule has 0 aliphatic carbocycles. The maximum atomic E-state index is 12.2. The molecule has 6 heteroatoms. The van der Waals surface area contributed by atoms with Crippen LogP contribution in [0.15, 0.2) is 0 Å². The number of hydrogen-bond acceptors (Lipinski definition) is 3. The van der Waals surface area contributed by atoms with Crippen LogP contribution in [0, 0.1) is 5.92 Å². The Hall–Kier alpha value is -1.30. The van der Waals surface area contributed by atoms with E-state index in [1.54, 1.807) is 4.90 Å². The Labute approximate surface area is 113 Å². The summed E-state index contributed by atoms with van der Waals surface area (Å²) in [4.78, 5) is 27.1. The summed E-state index contributed by atoms with van der Waals surface area (Å²) in [5, 5.41) is 12.1. The fourth-order valence-electron chi connectivity index (χ4n) is 3.10. The normalized spacial score (nSPS) is 32.3. The van der Waals surface area contributed by atoms with Gasteiger partial charge >= 0.3 is 12.0 Å². The van der Waals surface area contributed by atoms with E-state index in [-0.39, 0.29) is 18.1 Å². The Morgan fingerprint density at radius 1 is 1.26 bits per heavy atom. The Morgan fingerprint density at radius 3 is 2.58 bits per heavy atom. The number of carbonyl (C=O) groups is 2. The van der Waals surface area contributed by atoms with E-state index in [1.165, 1.54) is 0 Å². The summed E-state index contributed by atoms with van der Waals surface area (Å²) < 4.78 is 0. The van der Waals surface area contributed by atoms with Crippen molar-refractivity contribution in [1.82, 2.24) is 15.1 Å². The lowest BCUT2D eigenvalue weighted by atomic mass is 10.0. The van der Waals surface area contributed by atoms with Gasteiger partial charge in [0.05, 0.1) is 5.92 Å². The fraction of sp³-hybridized carbons (Fsp3) is 0.846. The van der Waals surface area contributed by atoms with Gasteiger partial charge in [0.1, 0.15) is 0 Å². The summed E-state index contributed by atoms with van der Waals surface area (Å²) in [7, 11) is 2.05. The quantitative estimate of drug-likeness (QED) is 0.769. The maximum Gasteiger partial charge on any atom is 0.317 e. The Morgan fingerprint density at radius 2 is 2.00 bits per heavy atom. The zero-order valence-corrected chi connectivity index (χ0v) is 11.6. The highest BCUT2D eigenvalue weighted by Crippen LogP contribution is 2.24. The molecule has 19 heavy (non-hydrogen) atoms. The lowest BCUT2D eigenvalue weighted by Crippen LogP contribution is -2.52. The van der Waals surface area contributed by atoms with E-state index in [9.17, 15) is 9.59 Å². The number of piperidine rings is 1. The summed E-state index contributed by atoms with van der Waals surface area (Å²) in [6.07, 6.45) is 2.64. The van der Waals surface area contributed by atoms with Crippen LogP contribution in [-0.2, 0) is 4.79 Å². The standard InChI is InChI=1S/C13H23N3O3/c1-9-11(12(17)18)5-7-16(9)13(19)14-10-4-3-6-15(2)8-10/h9-11H,3-8H2,1-2H3,(H,14,19)(H,17,18). The molecule has 0 bridgehead atoms. The number of carbonyl (C=O) groups excluding carboxylic acids is 1. The topological polar surface area (TPSA) is 72.9 Å². The molecule has 2 rings (SSSR count). The fourth-order valence-corrected chi connectivity index (χ4v) is 3.10. The van der Waals surface area contributed by atoms with Crippen LogP contribution in [0.1, 0.15) is 26.2 Å². The number of likely N-dealkylation sites (tertiary alicyclic amines) is 2. The molecule has 3 unspecified atom stereocenters. The molecule has 0 aromatic rings. The van der Waals surface area contributed by atoms with Gasteiger partial charge in [0.2, 0.25) is 0 Å².